The van der Waals surface area contributed by atoms with Crippen molar-refractivity contribution in [1.82, 2.24) is 9.55 Å². The second-order valence-electron chi connectivity index (χ2n) is 10.9. The highest BCUT2D eigenvalue weighted by Gasteiger charge is 2.37. The van der Waals surface area contributed by atoms with Crippen molar-refractivity contribution in [2.24, 2.45) is 17.8 Å². The van der Waals surface area contributed by atoms with Crippen molar-refractivity contribution in [3.8, 4) is 0 Å². The second kappa shape index (κ2) is 8.52. The van der Waals surface area contributed by atoms with E-state index in [4.69, 9.17) is 4.98 Å². The van der Waals surface area contributed by atoms with Gasteiger partial charge < -0.3 is 9.88 Å². The Hall–Kier alpha value is -3.13. The molecule has 0 spiro atoms. The first-order valence-corrected chi connectivity index (χ1v) is 13.6. The molecule has 2 aliphatic carbocycles. The minimum Gasteiger partial charge on any atom is -0.327 e. The molecule has 1 fully saturated rings. The molecule has 5 rings (SSSR count). The van der Waals surface area contributed by atoms with Gasteiger partial charge in [0.25, 0.3) is 10.0 Å². The fourth-order valence-electron chi connectivity index (χ4n) is 5.42. The molecular weight excluding hydrogens is 460 g/mol. The Kier molecular flexibility index (Phi) is 5.74. The Morgan fingerprint density at radius 3 is 2.37 bits per heavy atom. The van der Waals surface area contributed by atoms with Crippen molar-refractivity contribution in [3.05, 3.63) is 60.4 Å². The molecule has 1 aromatic heterocycles. The number of carbonyl (C=O) groups is 1. The molecule has 2 bridgehead atoms. The minimum absolute atomic E-state index is 0.122. The quantitative estimate of drug-likeness (QED) is 0.456. The van der Waals surface area contributed by atoms with E-state index in [2.05, 4.69) is 47.5 Å². The molecule has 2 N–H and O–H groups in total. The van der Waals surface area contributed by atoms with Gasteiger partial charge in [-0.25, -0.2) is 13.4 Å². The van der Waals surface area contributed by atoms with Gasteiger partial charge >= 0.3 is 0 Å². The summed E-state index contributed by atoms with van der Waals surface area (Å²) in [5, 5.41) is 2.64. The van der Waals surface area contributed by atoms with Crippen molar-refractivity contribution in [1.29, 1.82) is 0 Å². The third-order valence-electron chi connectivity index (χ3n) is 6.99. The lowest BCUT2D eigenvalue weighted by atomic mass is 9.92. The second-order valence-corrected chi connectivity index (χ2v) is 12.5. The van der Waals surface area contributed by atoms with Crippen LogP contribution < -0.4 is 10.0 Å². The summed E-state index contributed by atoms with van der Waals surface area (Å²) in [5.74, 6) is 2.78. The highest BCUT2D eigenvalue weighted by molar-refractivity contribution is 7.92. The number of aromatic nitrogens is 2. The van der Waals surface area contributed by atoms with E-state index in [9.17, 15) is 13.2 Å². The zero-order chi connectivity index (χ0) is 25.0. The van der Waals surface area contributed by atoms with Crippen LogP contribution in [0.5, 0.6) is 0 Å². The van der Waals surface area contributed by atoms with E-state index in [1.807, 2.05) is 12.1 Å². The number of fused-ring (bicyclic) bond motifs is 3. The summed E-state index contributed by atoms with van der Waals surface area (Å²) in [6.07, 6.45) is 7.23. The van der Waals surface area contributed by atoms with E-state index >= 15 is 0 Å². The molecule has 3 aromatic rings. The van der Waals surface area contributed by atoms with Gasteiger partial charge in [-0.3, -0.25) is 9.52 Å². The summed E-state index contributed by atoms with van der Waals surface area (Å²) < 4.78 is 31.0. The van der Waals surface area contributed by atoms with Crippen LogP contribution in [0.3, 0.4) is 0 Å². The van der Waals surface area contributed by atoms with E-state index in [1.165, 1.54) is 31.9 Å². The zero-order valence-corrected chi connectivity index (χ0v) is 21.4. The molecule has 2 unspecified atom stereocenters. The first-order chi connectivity index (χ1) is 16.5. The van der Waals surface area contributed by atoms with E-state index in [0.717, 1.165) is 23.4 Å². The predicted molar refractivity (Wildman–Crippen MR) is 139 cm³/mol. The topological polar surface area (TPSA) is 93.1 Å². The van der Waals surface area contributed by atoms with Crippen LogP contribution in [-0.4, -0.2) is 23.9 Å². The number of anilines is 2. The number of amides is 1. The largest absolute Gasteiger partial charge is 0.327 e. The Bertz CT molecular complexity index is 1420. The number of hydrogen-bond acceptors (Lipinski definition) is 4. The molecular formula is C27H32N4O3S. The number of nitrogens with one attached hydrogen (secondary N) is 2. The van der Waals surface area contributed by atoms with Crippen molar-refractivity contribution < 1.29 is 13.2 Å². The Balaban J connectivity index is 1.43. The first kappa shape index (κ1) is 23.6. The summed E-state index contributed by atoms with van der Waals surface area (Å²) in [4.78, 5) is 16.3. The van der Waals surface area contributed by atoms with E-state index < -0.39 is 10.0 Å². The number of sulfonamides is 1. The number of rotatable bonds is 6. The highest BCUT2D eigenvalue weighted by atomic mass is 32.2. The van der Waals surface area contributed by atoms with Crippen LogP contribution in [0.2, 0.25) is 0 Å². The number of carbonyl (C=O) groups excluding carboxylic acids is 1. The van der Waals surface area contributed by atoms with Gasteiger partial charge in [-0.05, 0) is 73.1 Å². The summed E-state index contributed by atoms with van der Waals surface area (Å²) >= 11 is 0. The maximum Gasteiger partial charge on any atom is 0.261 e. The van der Waals surface area contributed by atoms with Gasteiger partial charge in [0.15, 0.2) is 0 Å². The monoisotopic (exact) mass is 492 g/mol. The Morgan fingerprint density at radius 2 is 1.77 bits per heavy atom. The van der Waals surface area contributed by atoms with Crippen LogP contribution >= 0.6 is 0 Å². The van der Waals surface area contributed by atoms with Crippen LogP contribution in [0.1, 0.15) is 46.4 Å². The molecule has 7 nitrogen and oxygen atoms in total. The standard InChI is InChI=1S/C27H32N4O3S/c1-17(32)28-21-7-10-23(11-8-21)35(33,34)30-22-9-12-25-24(15-22)29-26(27(2,3)4)31(25)16-20-14-18-5-6-19(20)13-18/h5-12,15,18-20,30H,13-14,16H2,1-4H3,(H,28,32)/t18-,19?,20?/m0/s1. The van der Waals surface area contributed by atoms with Crippen molar-refractivity contribution in [3.63, 3.8) is 0 Å². The minimum atomic E-state index is -3.79. The lowest BCUT2D eigenvalue weighted by molar-refractivity contribution is -0.114. The van der Waals surface area contributed by atoms with Gasteiger partial charge in [0, 0.05) is 24.6 Å². The van der Waals surface area contributed by atoms with Gasteiger partial charge in [-0.1, -0.05) is 32.9 Å². The van der Waals surface area contributed by atoms with Gasteiger partial charge in [0.1, 0.15) is 5.82 Å². The Morgan fingerprint density at radius 1 is 1.06 bits per heavy atom. The van der Waals surface area contributed by atoms with Crippen molar-refractivity contribution in [2.75, 3.05) is 10.0 Å². The van der Waals surface area contributed by atoms with Crippen LogP contribution in [0.4, 0.5) is 11.4 Å². The summed E-state index contributed by atoms with van der Waals surface area (Å²) in [5.41, 5.74) is 2.70. The van der Waals surface area contributed by atoms with Crippen LogP contribution in [-0.2, 0) is 26.8 Å². The van der Waals surface area contributed by atoms with E-state index in [-0.39, 0.29) is 16.2 Å². The van der Waals surface area contributed by atoms with Gasteiger partial charge in [-0.15, -0.1) is 0 Å². The highest BCUT2D eigenvalue weighted by Crippen LogP contribution is 2.45. The fourth-order valence-corrected chi connectivity index (χ4v) is 6.47. The van der Waals surface area contributed by atoms with Gasteiger partial charge in [-0.2, -0.15) is 0 Å². The Labute approximate surface area is 206 Å². The number of nitrogens with zero attached hydrogens (tertiary/aromatic N) is 2. The zero-order valence-electron chi connectivity index (χ0n) is 20.6. The molecule has 0 saturated heterocycles. The summed E-state index contributed by atoms with van der Waals surface area (Å²) in [7, 11) is -3.79. The summed E-state index contributed by atoms with van der Waals surface area (Å²) in [6.45, 7) is 8.84. The van der Waals surface area contributed by atoms with Gasteiger partial charge in [0.2, 0.25) is 5.91 Å². The molecule has 35 heavy (non-hydrogen) atoms. The number of imidazole rings is 1. The smallest absolute Gasteiger partial charge is 0.261 e. The maximum atomic E-state index is 13.0. The summed E-state index contributed by atoms with van der Waals surface area (Å²) in [6, 6.07) is 11.7. The molecule has 2 aromatic carbocycles. The molecule has 1 saturated carbocycles. The van der Waals surface area contributed by atoms with E-state index in [1.54, 1.807) is 18.2 Å². The number of benzene rings is 2. The SMILES string of the molecule is CC(=O)Nc1ccc(S(=O)(=O)Nc2ccc3c(c2)nc(C(C)(C)C)n3CC2C[C@H]3C=CC2C3)cc1. The first-order valence-electron chi connectivity index (χ1n) is 12.1. The van der Waals surface area contributed by atoms with Crippen molar-refractivity contribution >= 4 is 38.3 Å². The van der Waals surface area contributed by atoms with Crippen LogP contribution in [0, 0.1) is 17.8 Å². The van der Waals surface area contributed by atoms with Gasteiger partial charge in [0.05, 0.1) is 21.6 Å². The van der Waals surface area contributed by atoms with Crippen molar-refractivity contribution in [2.45, 2.75) is 57.4 Å². The average molecular weight is 493 g/mol. The molecule has 2 aliphatic rings. The number of hydrogen-bond donors (Lipinski definition) is 2. The normalized spacial score (nSPS) is 21.5. The van der Waals surface area contributed by atoms with Crippen LogP contribution in [0.15, 0.2) is 59.5 Å². The maximum absolute atomic E-state index is 13.0. The molecule has 1 amide bonds. The lowest BCUT2D eigenvalue weighted by Crippen LogP contribution is -2.23. The number of allylic oxidation sites excluding steroid dienone is 2. The van der Waals surface area contributed by atoms with Crippen LogP contribution in [0.25, 0.3) is 11.0 Å². The molecule has 0 aliphatic heterocycles. The third kappa shape index (κ3) is 4.72. The van der Waals surface area contributed by atoms with E-state index in [0.29, 0.717) is 29.1 Å². The molecule has 1 heterocycles. The fraction of sp³-hybridized carbons (Fsp3) is 0.407. The molecule has 8 heteroatoms. The average Bonchev–Trinajstić information content (AvgIpc) is 3.48. The lowest BCUT2D eigenvalue weighted by Gasteiger charge is -2.25. The predicted octanol–water partition coefficient (Wildman–Crippen LogP) is 5.31. The molecule has 0 radical (unpaired) electrons. The molecule has 3 atom stereocenters. The molecule has 184 valence electrons. The third-order valence-corrected chi connectivity index (χ3v) is 8.39.